The van der Waals surface area contributed by atoms with Crippen molar-refractivity contribution in [2.75, 3.05) is 31.1 Å². The monoisotopic (exact) mass is 338 g/mol. The number of piperidine rings is 1. The number of rotatable bonds is 5. The van der Waals surface area contributed by atoms with Gasteiger partial charge >= 0.3 is 0 Å². The molecular formula is C13H26N2O4S2. The normalized spacial score (nSPS) is 30.8. The topological polar surface area (TPSA) is 83.6 Å². The van der Waals surface area contributed by atoms with Gasteiger partial charge in [0.05, 0.1) is 16.8 Å². The highest BCUT2D eigenvalue weighted by Gasteiger charge is 2.41. The summed E-state index contributed by atoms with van der Waals surface area (Å²) in [4.78, 5) is 0. The first kappa shape index (κ1) is 17.2. The summed E-state index contributed by atoms with van der Waals surface area (Å²) in [5.41, 5.74) is 0. The Morgan fingerprint density at radius 3 is 2.57 bits per heavy atom. The summed E-state index contributed by atoms with van der Waals surface area (Å²) in [5, 5.41) is 2.62. The lowest BCUT2D eigenvalue weighted by Crippen LogP contribution is -2.47. The highest BCUT2D eigenvalue weighted by atomic mass is 32.2. The van der Waals surface area contributed by atoms with Gasteiger partial charge in [-0.15, -0.1) is 0 Å². The average Bonchev–Trinajstić information content (AvgIpc) is 2.78. The number of hydrogen-bond donors (Lipinski definition) is 1. The Morgan fingerprint density at radius 1 is 1.29 bits per heavy atom. The van der Waals surface area contributed by atoms with Crippen LogP contribution in [0.1, 0.15) is 33.1 Å². The van der Waals surface area contributed by atoms with Crippen LogP contribution in [0.2, 0.25) is 0 Å². The largest absolute Gasteiger partial charge is 0.314 e. The van der Waals surface area contributed by atoms with Gasteiger partial charge in [-0.05, 0) is 31.7 Å². The summed E-state index contributed by atoms with van der Waals surface area (Å²) in [7, 11) is -6.65. The van der Waals surface area contributed by atoms with Crippen LogP contribution in [0.3, 0.4) is 0 Å². The molecular weight excluding hydrogens is 312 g/mol. The third-order valence-electron chi connectivity index (χ3n) is 4.27. The summed E-state index contributed by atoms with van der Waals surface area (Å²) in [6, 6.07) is 0.386. The molecule has 0 bridgehead atoms. The quantitative estimate of drug-likeness (QED) is 0.775. The Hall–Kier alpha value is -0.180. The smallest absolute Gasteiger partial charge is 0.218 e. The van der Waals surface area contributed by atoms with E-state index in [1.54, 1.807) is 0 Å². The summed E-state index contributed by atoms with van der Waals surface area (Å²) in [5.74, 6) is 0.109. The van der Waals surface area contributed by atoms with Crippen molar-refractivity contribution in [2.45, 2.75) is 44.4 Å². The third kappa shape index (κ3) is 4.40. The van der Waals surface area contributed by atoms with Crippen LogP contribution in [0.5, 0.6) is 0 Å². The highest BCUT2D eigenvalue weighted by Crippen LogP contribution is 2.26. The maximum atomic E-state index is 12.6. The molecule has 0 saturated carbocycles. The molecule has 2 aliphatic rings. The van der Waals surface area contributed by atoms with E-state index in [-0.39, 0.29) is 17.9 Å². The number of nitrogens with one attached hydrogen (secondary N) is 1. The van der Waals surface area contributed by atoms with E-state index in [9.17, 15) is 16.8 Å². The molecule has 0 aromatic carbocycles. The van der Waals surface area contributed by atoms with E-state index < -0.39 is 25.1 Å². The zero-order chi connectivity index (χ0) is 15.7. The molecule has 0 spiro atoms. The fourth-order valence-electron chi connectivity index (χ4n) is 3.03. The second-order valence-corrected chi connectivity index (χ2v) is 10.9. The summed E-state index contributed by atoms with van der Waals surface area (Å²) >= 11 is 0. The second-order valence-electron chi connectivity index (χ2n) is 6.50. The minimum atomic E-state index is -3.48. The SMILES string of the molecule is CC(C)NCC1CCCN(S(=O)(=O)C2CCS(=O)(=O)C2)C1. The molecule has 6 nitrogen and oxygen atoms in total. The molecule has 0 amide bonds. The van der Waals surface area contributed by atoms with Crippen molar-refractivity contribution >= 4 is 19.9 Å². The summed E-state index contributed by atoms with van der Waals surface area (Å²) < 4.78 is 49.8. The van der Waals surface area contributed by atoms with Crippen LogP contribution >= 0.6 is 0 Å². The van der Waals surface area contributed by atoms with Crippen molar-refractivity contribution in [3.8, 4) is 0 Å². The molecule has 0 aliphatic carbocycles. The maximum absolute atomic E-state index is 12.6. The zero-order valence-electron chi connectivity index (χ0n) is 12.8. The fourth-order valence-corrected chi connectivity index (χ4v) is 7.68. The van der Waals surface area contributed by atoms with Crippen molar-refractivity contribution in [3.63, 3.8) is 0 Å². The zero-order valence-corrected chi connectivity index (χ0v) is 14.4. The molecule has 0 radical (unpaired) electrons. The lowest BCUT2D eigenvalue weighted by molar-refractivity contribution is 0.255. The van der Waals surface area contributed by atoms with Gasteiger partial charge < -0.3 is 5.32 Å². The van der Waals surface area contributed by atoms with Crippen molar-refractivity contribution in [1.82, 2.24) is 9.62 Å². The van der Waals surface area contributed by atoms with Crippen molar-refractivity contribution in [3.05, 3.63) is 0 Å². The van der Waals surface area contributed by atoms with Gasteiger partial charge in [-0.25, -0.2) is 21.1 Å². The molecule has 2 unspecified atom stereocenters. The molecule has 2 rings (SSSR count). The number of sulfonamides is 1. The molecule has 2 atom stereocenters. The number of hydrogen-bond acceptors (Lipinski definition) is 5. The minimum absolute atomic E-state index is 0.00305. The Balaban J connectivity index is 2.00. The molecule has 21 heavy (non-hydrogen) atoms. The van der Waals surface area contributed by atoms with Gasteiger partial charge in [0.1, 0.15) is 0 Å². The summed E-state index contributed by atoms with van der Waals surface area (Å²) in [6.45, 7) is 5.99. The van der Waals surface area contributed by atoms with Crippen LogP contribution in [0.25, 0.3) is 0 Å². The Morgan fingerprint density at radius 2 is 2.00 bits per heavy atom. The number of nitrogens with zero attached hydrogens (tertiary/aromatic N) is 1. The van der Waals surface area contributed by atoms with Crippen LogP contribution in [0, 0.1) is 5.92 Å². The fraction of sp³-hybridized carbons (Fsp3) is 1.00. The molecule has 8 heteroatoms. The van der Waals surface area contributed by atoms with E-state index in [1.165, 1.54) is 4.31 Å². The van der Waals surface area contributed by atoms with Gasteiger partial charge in [0.2, 0.25) is 10.0 Å². The average molecular weight is 338 g/mol. The van der Waals surface area contributed by atoms with Crippen LogP contribution in [-0.2, 0) is 19.9 Å². The van der Waals surface area contributed by atoms with E-state index in [1.807, 2.05) is 0 Å². The van der Waals surface area contributed by atoms with Crippen LogP contribution in [0.15, 0.2) is 0 Å². The Bertz CT molecular complexity index is 557. The van der Waals surface area contributed by atoms with Gasteiger partial charge in [0.25, 0.3) is 0 Å². The van der Waals surface area contributed by atoms with Gasteiger partial charge in [0, 0.05) is 19.1 Å². The lowest BCUT2D eigenvalue weighted by atomic mass is 9.99. The van der Waals surface area contributed by atoms with E-state index in [0.29, 0.717) is 25.0 Å². The predicted molar refractivity (Wildman–Crippen MR) is 83.4 cm³/mol. The minimum Gasteiger partial charge on any atom is -0.314 e. The molecule has 2 aliphatic heterocycles. The van der Waals surface area contributed by atoms with Crippen molar-refractivity contribution in [2.24, 2.45) is 5.92 Å². The van der Waals surface area contributed by atoms with E-state index in [0.717, 1.165) is 19.4 Å². The van der Waals surface area contributed by atoms with Crippen LogP contribution in [-0.4, -0.2) is 63.6 Å². The van der Waals surface area contributed by atoms with E-state index in [4.69, 9.17) is 0 Å². The van der Waals surface area contributed by atoms with Crippen LogP contribution < -0.4 is 5.32 Å². The van der Waals surface area contributed by atoms with Gasteiger partial charge in [-0.3, -0.25) is 0 Å². The maximum Gasteiger partial charge on any atom is 0.218 e. The molecule has 0 aromatic heterocycles. The van der Waals surface area contributed by atoms with E-state index >= 15 is 0 Å². The molecule has 1 N–H and O–H groups in total. The molecule has 2 fully saturated rings. The second kappa shape index (κ2) is 6.52. The Kier molecular flexibility index (Phi) is 5.33. The predicted octanol–water partition coefficient (Wildman–Crippen LogP) is 0.213. The van der Waals surface area contributed by atoms with Crippen LogP contribution in [0.4, 0.5) is 0 Å². The molecule has 2 heterocycles. The first-order chi connectivity index (χ1) is 9.71. The van der Waals surface area contributed by atoms with Crippen molar-refractivity contribution in [1.29, 1.82) is 0 Å². The first-order valence-corrected chi connectivity index (χ1v) is 11.0. The van der Waals surface area contributed by atoms with E-state index in [2.05, 4.69) is 19.2 Å². The standard InChI is InChI=1S/C13H26N2O4S2/c1-11(2)14-8-12-4-3-6-15(9-12)21(18,19)13-5-7-20(16,17)10-13/h11-14H,3-10H2,1-2H3. The van der Waals surface area contributed by atoms with Gasteiger partial charge in [-0.1, -0.05) is 13.8 Å². The third-order valence-corrected chi connectivity index (χ3v) is 8.54. The molecule has 124 valence electrons. The number of sulfone groups is 1. The Labute approximate surface area is 128 Å². The van der Waals surface area contributed by atoms with Crippen molar-refractivity contribution < 1.29 is 16.8 Å². The van der Waals surface area contributed by atoms with Gasteiger partial charge in [0.15, 0.2) is 9.84 Å². The summed E-state index contributed by atoms with van der Waals surface area (Å²) in [6.07, 6.45) is 2.12. The van der Waals surface area contributed by atoms with Gasteiger partial charge in [-0.2, -0.15) is 0 Å². The molecule has 0 aromatic rings. The molecule has 2 saturated heterocycles. The first-order valence-electron chi connectivity index (χ1n) is 7.63. The lowest BCUT2D eigenvalue weighted by Gasteiger charge is -2.34. The highest BCUT2D eigenvalue weighted by molar-refractivity contribution is 7.95.